The summed E-state index contributed by atoms with van der Waals surface area (Å²) in [6.45, 7) is 3.11. The zero-order valence-corrected chi connectivity index (χ0v) is 13.9. The van der Waals surface area contributed by atoms with Crippen molar-refractivity contribution >= 4 is 16.9 Å². The van der Waals surface area contributed by atoms with Crippen molar-refractivity contribution in [3.8, 4) is 0 Å². The summed E-state index contributed by atoms with van der Waals surface area (Å²) in [4.78, 5) is 28.4. The first-order valence-electron chi connectivity index (χ1n) is 8.04. The van der Waals surface area contributed by atoms with Gasteiger partial charge in [0.05, 0.1) is 19.3 Å². The fourth-order valence-corrected chi connectivity index (χ4v) is 2.55. The quantitative estimate of drug-likeness (QED) is 0.688. The summed E-state index contributed by atoms with van der Waals surface area (Å²) in [7, 11) is 0. The highest BCUT2D eigenvalue weighted by molar-refractivity contribution is 5.87. The summed E-state index contributed by atoms with van der Waals surface area (Å²) in [5.74, 6) is -0.155. The lowest BCUT2D eigenvalue weighted by Gasteiger charge is -2.07. The van der Waals surface area contributed by atoms with Crippen LogP contribution in [0.5, 0.6) is 0 Å². The van der Waals surface area contributed by atoms with Crippen LogP contribution >= 0.6 is 0 Å². The van der Waals surface area contributed by atoms with Gasteiger partial charge in [0.1, 0.15) is 11.7 Å². The number of fused-ring (bicyclic) bond motifs is 1. The third kappa shape index (κ3) is 3.82. The Labute approximate surface area is 144 Å². The molecule has 0 saturated heterocycles. The third-order valence-corrected chi connectivity index (χ3v) is 3.76. The Morgan fingerprint density at radius 2 is 2.08 bits per heavy atom. The summed E-state index contributed by atoms with van der Waals surface area (Å²) in [5, 5.41) is 7.44. The van der Waals surface area contributed by atoms with E-state index in [1.54, 1.807) is 22.2 Å². The molecule has 0 atom stereocenters. The molecular weight excluding hydrogens is 318 g/mol. The SMILES string of the molecule is C/C=C\C(=O)NCCn1ncc2c(=O)n(Cc3ccccc3)cnc21. The standard InChI is InChI=1S/C18H19N5O2/c1-2-6-16(24)19-9-10-23-17-15(11-21-23)18(25)22(13-20-17)12-14-7-4-3-5-8-14/h2-8,11,13H,9-10,12H2,1H3,(H,19,24)/b6-2-. The minimum absolute atomic E-state index is 0.127. The molecular formula is C18H19N5O2. The Bertz CT molecular complexity index is 957. The molecule has 1 N–H and O–H groups in total. The molecule has 0 unspecified atom stereocenters. The molecule has 7 nitrogen and oxygen atoms in total. The van der Waals surface area contributed by atoms with E-state index in [0.717, 1.165) is 5.56 Å². The van der Waals surface area contributed by atoms with E-state index in [-0.39, 0.29) is 11.5 Å². The summed E-state index contributed by atoms with van der Waals surface area (Å²) in [6.07, 6.45) is 6.20. The normalized spacial score (nSPS) is 11.2. The molecule has 0 spiro atoms. The molecule has 3 rings (SSSR count). The van der Waals surface area contributed by atoms with Crippen LogP contribution in [0, 0.1) is 0 Å². The van der Waals surface area contributed by atoms with Crippen LogP contribution < -0.4 is 10.9 Å². The number of carbonyl (C=O) groups is 1. The van der Waals surface area contributed by atoms with Crippen LogP contribution in [-0.2, 0) is 17.9 Å². The van der Waals surface area contributed by atoms with Gasteiger partial charge < -0.3 is 5.32 Å². The summed E-state index contributed by atoms with van der Waals surface area (Å²) in [5.41, 5.74) is 1.43. The fourth-order valence-electron chi connectivity index (χ4n) is 2.55. The molecule has 2 heterocycles. The summed E-state index contributed by atoms with van der Waals surface area (Å²) >= 11 is 0. The molecule has 2 aromatic heterocycles. The lowest BCUT2D eigenvalue weighted by molar-refractivity contribution is -0.116. The van der Waals surface area contributed by atoms with Crippen LogP contribution in [0.25, 0.3) is 11.0 Å². The maximum atomic E-state index is 12.6. The molecule has 3 aromatic rings. The molecule has 0 aliphatic rings. The van der Waals surface area contributed by atoms with Crippen LogP contribution in [0.2, 0.25) is 0 Å². The fraction of sp³-hybridized carbons (Fsp3) is 0.222. The van der Waals surface area contributed by atoms with Crippen molar-refractivity contribution in [3.63, 3.8) is 0 Å². The average Bonchev–Trinajstić information content (AvgIpc) is 3.02. The van der Waals surface area contributed by atoms with Gasteiger partial charge in [-0.05, 0) is 18.6 Å². The minimum atomic E-state index is -0.155. The van der Waals surface area contributed by atoms with Gasteiger partial charge in [0.25, 0.3) is 5.56 Å². The maximum Gasteiger partial charge on any atom is 0.264 e. The van der Waals surface area contributed by atoms with Gasteiger partial charge in [-0.25, -0.2) is 9.67 Å². The Morgan fingerprint density at radius 1 is 1.28 bits per heavy atom. The number of benzene rings is 1. The zero-order chi connectivity index (χ0) is 17.6. The van der Waals surface area contributed by atoms with Gasteiger partial charge in [-0.15, -0.1) is 0 Å². The van der Waals surface area contributed by atoms with Crippen LogP contribution in [-0.4, -0.2) is 31.8 Å². The van der Waals surface area contributed by atoms with Crippen molar-refractivity contribution in [2.75, 3.05) is 6.54 Å². The predicted molar refractivity (Wildman–Crippen MR) is 95.2 cm³/mol. The van der Waals surface area contributed by atoms with Crippen molar-refractivity contribution in [2.24, 2.45) is 0 Å². The van der Waals surface area contributed by atoms with E-state index in [0.29, 0.717) is 30.7 Å². The predicted octanol–water partition coefficient (Wildman–Crippen LogP) is 1.33. The van der Waals surface area contributed by atoms with E-state index in [9.17, 15) is 9.59 Å². The van der Waals surface area contributed by atoms with E-state index in [2.05, 4.69) is 15.4 Å². The van der Waals surface area contributed by atoms with Gasteiger partial charge in [-0.3, -0.25) is 14.2 Å². The number of allylic oxidation sites excluding steroid dienone is 1. The first-order chi connectivity index (χ1) is 12.2. The number of hydrogen-bond donors (Lipinski definition) is 1. The minimum Gasteiger partial charge on any atom is -0.351 e. The van der Waals surface area contributed by atoms with Crippen LogP contribution in [0.1, 0.15) is 12.5 Å². The van der Waals surface area contributed by atoms with E-state index in [1.165, 1.54) is 18.6 Å². The number of amides is 1. The zero-order valence-electron chi connectivity index (χ0n) is 13.9. The third-order valence-electron chi connectivity index (χ3n) is 3.76. The van der Waals surface area contributed by atoms with Gasteiger partial charge in [0.2, 0.25) is 5.91 Å². The number of aromatic nitrogens is 4. The molecule has 7 heteroatoms. The number of hydrogen-bond acceptors (Lipinski definition) is 4. The molecule has 128 valence electrons. The monoisotopic (exact) mass is 337 g/mol. The molecule has 1 amide bonds. The number of carbonyl (C=O) groups excluding carboxylic acids is 1. The molecule has 0 radical (unpaired) electrons. The van der Waals surface area contributed by atoms with Gasteiger partial charge in [0, 0.05) is 6.54 Å². The van der Waals surface area contributed by atoms with Crippen LogP contribution in [0.15, 0.2) is 59.8 Å². The Hall–Kier alpha value is -3.22. The Kier molecular flexibility index (Phi) is 5.03. The Morgan fingerprint density at radius 3 is 2.84 bits per heavy atom. The maximum absolute atomic E-state index is 12.6. The van der Waals surface area contributed by atoms with Gasteiger partial charge in [-0.1, -0.05) is 36.4 Å². The van der Waals surface area contributed by atoms with E-state index in [1.807, 2.05) is 30.3 Å². The highest BCUT2D eigenvalue weighted by Crippen LogP contribution is 2.07. The molecule has 0 saturated carbocycles. The lowest BCUT2D eigenvalue weighted by atomic mass is 10.2. The van der Waals surface area contributed by atoms with Gasteiger partial charge >= 0.3 is 0 Å². The van der Waals surface area contributed by atoms with Crippen LogP contribution in [0.4, 0.5) is 0 Å². The molecule has 0 aliphatic heterocycles. The van der Waals surface area contributed by atoms with Crippen molar-refractivity contribution in [3.05, 3.63) is 70.9 Å². The first kappa shape index (κ1) is 16.6. The summed E-state index contributed by atoms with van der Waals surface area (Å²) in [6, 6.07) is 9.74. The van der Waals surface area contributed by atoms with Crippen molar-refractivity contribution in [1.82, 2.24) is 24.6 Å². The van der Waals surface area contributed by atoms with E-state index in [4.69, 9.17) is 0 Å². The molecule has 0 fully saturated rings. The molecule has 0 bridgehead atoms. The van der Waals surface area contributed by atoms with Crippen LogP contribution in [0.3, 0.4) is 0 Å². The second kappa shape index (κ2) is 7.57. The largest absolute Gasteiger partial charge is 0.351 e. The molecule has 0 aliphatic carbocycles. The summed E-state index contributed by atoms with van der Waals surface area (Å²) < 4.78 is 3.19. The highest BCUT2D eigenvalue weighted by atomic mass is 16.1. The smallest absolute Gasteiger partial charge is 0.264 e. The first-order valence-corrected chi connectivity index (χ1v) is 8.04. The second-order valence-corrected chi connectivity index (χ2v) is 5.56. The highest BCUT2D eigenvalue weighted by Gasteiger charge is 2.10. The Balaban J connectivity index is 1.77. The van der Waals surface area contributed by atoms with E-state index < -0.39 is 0 Å². The second-order valence-electron chi connectivity index (χ2n) is 5.56. The lowest BCUT2D eigenvalue weighted by Crippen LogP contribution is -2.26. The van der Waals surface area contributed by atoms with Crippen molar-refractivity contribution < 1.29 is 4.79 Å². The average molecular weight is 337 g/mol. The van der Waals surface area contributed by atoms with E-state index >= 15 is 0 Å². The topological polar surface area (TPSA) is 81.8 Å². The van der Waals surface area contributed by atoms with Gasteiger partial charge in [0.15, 0.2) is 5.65 Å². The van der Waals surface area contributed by atoms with Crippen molar-refractivity contribution in [2.45, 2.75) is 20.0 Å². The molecule has 25 heavy (non-hydrogen) atoms. The van der Waals surface area contributed by atoms with Crippen molar-refractivity contribution in [1.29, 1.82) is 0 Å². The number of nitrogens with one attached hydrogen (secondary N) is 1. The van der Waals surface area contributed by atoms with Gasteiger partial charge in [-0.2, -0.15) is 5.10 Å². The number of rotatable bonds is 6. The number of nitrogens with zero attached hydrogens (tertiary/aromatic N) is 4. The molecule has 1 aromatic carbocycles.